The first-order chi connectivity index (χ1) is 11.1. The molecule has 1 aromatic carbocycles. The highest BCUT2D eigenvalue weighted by Gasteiger charge is 2.45. The van der Waals surface area contributed by atoms with Crippen molar-refractivity contribution in [3.05, 3.63) is 28.8 Å². The van der Waals surface area contributed by atoms with Gasteiger partial charge in [-0.25, -0.2) is 0 Å². The van der Waals surface area contributed by atoms with Crippen molar-refractivity contribution < 1.29 is 14.6 Å². The van der Waals surface area contributed by atoms with Gasteiger partial charge in [-0.2, -0.15) is 0 Å². The molecule has 2 aliphatic rings. The molecule has 2 N–H and O–H groups in total. The van der Waals surface area contributed by atoms with Gasteiger partial charge in [0.25, 0.3) is 5.91 Å². The van der Waals surface area contributed by atoms with E-state index < -0.39 is 0 Å². The van der Waals surface area contributed by atoms with E-state index in [0.717, 1.165) is 25.8 Å². The van der Waals surface area contributed by atoms with Gasteiger partial charge >= 0.3 is 0 Å². The molecule has 5 nitrogen and oxygen atoms in total. The number of fused-ring (bicyclic) bond motifs is 1. The number of carbonyl (C=O) groups excluding carboxylic acids is 1. The lowest BCUT2D eigenvalue weighted by Crippen LogP contribution is -2.62. The third-order valence-corrected chi connectivity index (χ3v) is 5.40. The van der Waals surface area contributed by atoms with Gasteiger partial charge in [-0.15, -0.1) is 0 Å². The summed E-state index contributed by atoms with van der Waals surface area (Å²) < 4.78 is 5.30. The van der Waals surface area contributed by atoms with Crippen LogP contribution in [0.1, 0.15) is 29.6 Å². The van der Waals surface area contributed by atoms with Gasteiger partial charge in [-0.05, 0) is 44.0 Å². The van der Waals surface area contributed by atoms with E-state index in [4.69, 9.17) is 16.3 Å². The van der Waals surface area contributed by atoms with Crippen molar-refractivity contribution in [3.63, 3.8) is 0 Å². The summed E-state index contributed by atoms with van der Waals surface area (Å²) in [4.78, 5) is 14.8. The highest BCUT2D eigenvalue weighted by molar-refractivity contribution is 6.31. The first kappa shape index (κ1) is 16.6. The van der Waals surface area contributed by atoms with E-state index in [1.807, 2.05) is 4.90 Å². The van der Waals surface area contributed by atoms with Crippen LogP contribution in [0.15, 0.2) is 18.2 Å². The molecule has 1 aromatic rings. The first-order valence-corrected chi connectivity index (χ1v) is 8.44. The minimum absolute atomic E-state index is 0.0822. The molecule has 2 atom stereocenters. The maximum absolute atomic E-state index is 12.9. The molecule has 2 saturated heterocycles. The third-order valence-electron chi connectivity index (χ3n) is 5.17. The standard InChI is InChI=1S/C17H23ClN2O3/c1-23-14-4-3-12(18)9-13(14)16(22)20-8-5-15-17(10-20,11-21)6-2-7-19-15/h3-4,9,15,19,21H,2,5-8,10-11H2,1H3/t15-,17-/m1/s1. The second-order valence-electron chi connectivity index (χ2n) is 6.49. The van der Waals surface area contributed by atoms with Crippen molar-refractivity contribution in [3.8, 4) is 5.75 Å². The lowest BCUT2D eigenvalue weighted by Gasteiger charge is -2.50. The number of rotatable bonds is 3. The Kier molecular flexibility index (Phi) is 4.80. The largest absolute Gasteiger partial charge is 0.496 e. The van der Waals surface area contributed by atoms with E-state index in [2.05, 4.69) is 5.32 Å². The van der Waals surface area contributed by atoms with Crippen LogP contribution in [0.3, 0.4) is 0 Å². The quantitative estimate of drug-likeness (QED) is 0.884. The number of methoxy groups -OCH3 is 1. The van der Waals surface area contributed by atoms with Crippen LogP contribution >= 0.6 is 11.6 Å². The molecule has 0 spiro atoms. The minimum atomic E-state index is -0.238. The topological polar surface area (TPSA) is 61.8 Å². The van der Waals surface area contributed by atoms with E-state index in [9.17, 15) is 9.90 Å². The van der Waals surface area contributed by atoms with Gasteiger partial charge in [0.1, 0.15) is 5.75 Å². The highest BCUT2D eigenvalue weighted by Crippen LogP contribution is 2.38. The number of hydrogen-bond acceptors (Lipinski definition) is 4. The van der Waals surface area contributed by atoms with E-state index in [-0.39, 0.29) is 24.0 Å². The SMILES string of the molecule is COc1ccc(Cl)cc1C(=O)N1CC[C@H]2NCCC[C@]2(CO)C1. The molecule has 0 unspecified atom stereocenters. The number of amides is 1. The third kappa shape index (κ3) is 3.05. The Morgan fingerprint density at radius 3 is 3.13 bits per heavy atom. The summed E-state index contributed by atoms with van der Waals surface area (Å²) >= 11 is 6.05. The zero-order chi connectivity index (χ0) is 16.4. The van der Waals surface area contributed by atoms with E-state index in [0.29, 0.717) is 29.4 Å². The van der Waals surface area contributed by atoms with Crippen LogP contribution in [-0.4, -0.2) is 55.3 Å². The number of carbonyl (C=O) groups is 1. The summed E-state index contributed by atoms with van der Waals surface area (Å²) in [5.74, 6) is 0.447. The Balaban J connectivity index is 1.85. The fourth-order valence-electron chi connectivity index (χ4n) is 3.88. The molecule has 2 heterocycles. The number of likely N-dealkylation sites (tertiary alicyclic amines) is 1. The molecule has 2 aliphatic heterocycles. The Morgan fingerprint density at radius 2 is 2.39 bits per heavy atom. The first-order valence-electron chi connectivity index (χ1n) is 8.07. The molecule has 0 radical (unpaired) electrons. The lowest BCUT2D eigenvalue weighted by molar-refractivity contribution is -0.0138. The van der Waals surface area contributed by atoms with E-state index >= 15 is 0 Å². The molecule has 6 heteroatoms. The van der Waals surface area contributed by atoms with Crippen LogP contribution in [0.25, 0.3) is 0 Å². The molecule has 3 rings (SSSR count). The Labute approximate surface area is 141 Å². The van der Waals surface area contributed by atoms with Gasteiger partial charge in [0.2, 0.25) is 0 Å². The lowest BCUT2D eigenvalue weighted by atomic mass is 9.70. The number of hydrogen-bond donors (Lipinski definition) is 2. The Hall–Kier alpha value is -1.30. The fourth-order valence-corrected chi connectivity index (χ4v) is 4.05. The number of halogens is 1. The summed E-state index contributed by atoms with van der Waals surface area (Å²) in [5, 5.41) is 14.0. The van der Waals surface area contributed by atoms with E-state index in [1.165, 1.54) is 0 Å². The predicted octanol–water partition coefficient (Wildman–Crippen LogP) is 1.93. The minimum Gasteiger partial charge on any atom is -0.496 e. The summed E-state index contributed by atoms with van der Waals surface area (Å²) in [6.45, 7) is 2.33. The maximum atomic E-state index is 12.9. The molecule has 0 bridgehead atoms. The second kappa shape index (κ2) is 6.67. The molecule has 1 amide bonds. The number of aliphatic hydroxyl groups is 1. The van der Waals surface area contributed by atoms with Gasteiger partial charge in [-0.1, -0.05) is 11.6 Å². The van der Waals surface area contributed by atoms with Crippen molar-refractivity contribution in [1.82, 2.24) is 10.2 Å². The normalized spacial score (nSPS) is 27.4. The molecule has 0 aromatic heterocycles. The number of benzene rings is 1. The highest BCUT2D eigenvalue weighted by atomic mass is 35.5. The number of aliphatic hydroxyl groups excluding tert-OH is 1. The molecule has 0 aliphatic carbocycles. The predicted molar refractivity (Wildman–Crippen MR) is 89.1 cm³/mol. The fraction of sp³-hybridized carbons (Fsp3) is 0.588. The zero-order valence-corrected chi connectivity index (χ0v) is 14.1. The van der Waals surface area contributed by atoms with Crippen molar-refractivity contribution in [2.75, 3.05) is 33.4 Å². The van der Waals surface area contributed by atoms with Gasteiger partial charge in [0.15, 0.2) is 0 Å². The Bertz CT molecular complexity index is 595. The Morgan fingerprint density at radius 1 is 1.57 bits per heavy atom. The number of piperidine rings is 2. The molecular weight excluding hydrogens is 316 g/mol. The van der Waals surface area contributed by atoms with Gasteiger partial charge < -0.3 is 20.1 Å². The molecule has 2 fully saturated rings. The van der Waals surface area contributed by atoms with Crippen molar-refractivity contribution in [1.29, 1.82) is 0 Å². The number of nitrogens with zero attached hydrogens (tertiary/aromatic N) is 1. The maximum Gasteiger partial charge on any atom is 0.257 e. The zero-order valence-electron chi connectivity index (χ0n) is 13.3. The molecular formula is C17H23ClN2O3. The summed E-state index contributed by atoms with van der Waals surface area (Å²) in [5.41, 5.74) is 0.244. The van der Waals surface area contributed by atoms with Crippen LogP contribution in [-0.2, 0) is 0 Å². The molecule has 0 saturated carbocycles. The number of ether oxygens (including phenoxy) is 1. The van der Waals surface area contributed by atoms with Gasteiger partial charge in [0.05, 0.1) is 19.3 Å². The average molecular weight is 339 g/mol. The van der Waals surface area contributed by atoms with Crippen molar-refractivity contribution >= 4 is 17.5 Å². The van der Waals surface area contributed by atoms with Crippen LogP contribution in [0.2, 0.25) is 5.02 Å². The van der Waals surface area contributed by atoms with Crippen LogP contribution in [0, 0.1) is 5.41 Å². The van der Waals surface area contributed by atoms with Crippen molar-refractivity contribution in [2.45, 2.75) is 25.3 Å². The summed E-state index contributed by atoms with van der Waals surface area (Å²) in [6.07, 6.45) is 2.83. The summed E-state index contributed by atoms with van der Waals surface area (Å²) in [6, 6.07) is 5.36. The summed E-state index contributed by atoms with van der Waals surface area (Å²) in [7, 11) is 1.55. The van der Waals surface area contributed by atoms with Crippen LogP contribution in [0.5, 0.6) is 5.75 Å². The molecule has 23 heavy (non-hydrogen) atoms. The molecule has 126 valence electrons. The van der Waals surface area contributed by atoms with E-state index in [1.54, 1.807) is 25.3 Å². The second-order valence-corrected chi connectivity index (χ2v) is 6.93. The van der Waals surface area contributed by atoms with Gasteiger partial charge in [0, 0.05) is 29.6 Å². The van der Waals surface area contributed by atoms with Gasteiger partial charge in [-0.3, -0.25) is 4.79 Å². The average Bonchev–Trinajstić information content (AvgIpc) is 2.60. The van der Waals surface area contributed by atoms with Crippen LogP contribution in [0.4, 0.5) is 0 Å². The van der Waals surface area contributed by atoms with Crippen LogP contribution < -0.4 is 10.1 Å². The van der Waals surface area contributed by atoms with Crippen molar-refractivity contribution in [2.24, 2.45) is 5.41 Å². The monoisotopic (exact) mass is 338 g/mol. The smallest absolute Gasteiger partial charge is 0.257 e. The number of nitrogens with one attached hydrogen (secondary N) is 1.